The molecule has 24 heavy (non-hydrogen) atoms. The van der Waals surface area contributed by atoms with Gasteiger partial charge in [0.2, 0.25) is 0 Å². The van der Waals surface area contributed by atoms with Crippen LogP contribution in [-0.4, -0.2) is 6.09 Å². The molecule has 0 atom stereocenters. The zero-order valence-electron chi connectivity index (χ0n) is 12.7. The Labute approximate surface area is 137 Å². The van der Waals surface area contributed by atoms with Gasteiger partial charge in [0, 0.05) is 10.8 Å². The summed E-state index contributed by atoms with van der Waals surface area (Å²) in [6.07, 6.45) is -0.797. The molecule has 3 heteroatoms. The molecule has 5 rings (SSSR count). The monoisotopic (exact) mass is 311 g/mol. The van der Waals surface area contributed by atoms with Crippen LogP contribution in [0.2, 0.25) is 0 Å². The summed E-state index contributed by atoms with van der Waals surface area (Å²) in [5.41, 5.74) is 5.28. The summed E-state index contributed by atoms with van der Waals surface area (Å²) in [6.45, 7) is 0. The zero-order valence-corrected chi connectivity index (χ0v) is 12.7. The van der Waals surface area contributed by atoms with Crippen molar-refractivity contribution in [2.24, 2.45) is 5.73 Å². The summed E-state index contributed by atoms with van der Waals surface area (Å²) in [4.78, 5) is 11.4. The van der Waals surface area contributed by atoms with Gasteiger partial charge in [-0.2, -0.15) is 0 Å². The van der Waals surface area contributed by atoms with E-state index >= 15 is 0 Å². The molecule has 1 amide bonds. The van der Waals surface area contributed by atoms with Gasteiger partial charge in [-0.3, -0.25) is 0 Å². The largest absolute Gasteiger partial charge is 0.410 e. The number of primary amides is 1. The van der Waals surface area contributed by atoms with Crippen LogP contribution in [-0.2, 0) is 0 Å². The van der Waals surface area contributed by atoms with Gasteiger partial charge in [-0.15, -0.1) is 0 Å². The van der Waals surface area contributed by atoms with E-state index < -0.39 is 6.09 Å². The predicted molar refractivity (Wildman–Crippen MR) is 97.9 cm³/mol. The highest BCUT2D eigenvalue weighted by Crippen LogP contribution is 2.43. The molecular formula is C21H13NO2. The van der Waals surface area contributed by atoms with Crippen molar-refractivity contribution >= 4 is 49.2 Å². The predicted octanol–water partition coefficient (Wildman–Crippen LogP) is 5.19. The van der Waals surface area contributed by atoms with E-state index in [1.54, 1.807) is 0 Å². The fourth-order valence-electron chi connectivity index (χ4n) is 3.82. The van der Waals surface area contributed by atoms with Crippen molar-refractivity contribution in [1.82, 2.24) is 0 Å². The van der Waals surface area contributed by atoms with Crippen LogP contribution in [0.1, 0.15) is 0 Å². The fraction of sp³-hybridized carbons (Fsp3) is 0. The Morgan fingerprint density at radius 1 is 0.667 bits per heavy atom. The number of ether oxygens (including phenoxy) is 1. The zero-order chi connectivity index (χ0) is 16.3. The molecule has 0 aliphatic heterocycles. The van der Waals surface area contributed by atoms with Gasteiger partial charge in [0.1, 0.15) is 5.75 Å². The number of carbonyl (C=O) groups is 1. The summed E-state index contributed by atoms with van der Waals surface area (Å²) >= 11 is 0. The minimum Gasteiger partial charge on any atom is -0.410 e. The number of benzene rings is 5. The third kappa shape index (κ3) is 1.64. The molecule has 0 heterocycles. The SMILES string of the molecule is NC(=O)Oc1ccc2cccc3c4cccc5cccc(c1c23)c54. The molecule has 0 bridgehead atoms. The third-order valence-electron chi connectivity index (χ3n) is 4.68. The minimum atomic E-state index is -0.797. The number of fused-ring (bicyclic) bond motifs is 2. The van der Waals surface area contributed by atoms with Crippen LogP contribution in [0.3, 0.4) is 0 Å². The summed E-state index contributed by atoms with van der Waals surface area (Å²) in [6, 6.07) is 22.6. The van der Waals surface area contributed by atoms with Crippen LogP contribution < -0.4 is 10.5 Å². The Bertz CT molecular complexity index is 1250. The number of hydrogen-bond donors (Lipinski definition) is 1. The molecule has 3 nitrogen and oxygen atoms in total. The van der Waals surface area contributed by atoms with Crippen molar-refractivity contribution in [3.05, 3.63) is 66.7 Å². The molecule has 114 valence electrons. The molecule has 0 aliphatic carbocycles. The number of carbonyl (C=O) groups excluding carboxylic acids is 1. The highest BCUT2D eigenvalue weighted by molar-refractivity contribution is 6.34. The average molecular weight is 311 g/mol. The number of nitrogens with two attached hydrogens (primary N) is 1. The lowest BCUT2D eigenvalue weighted by atomic mass is 9.89. The van der Waals surface area contributed by atoms with Gasteiger partial charge in [0.05, 0.1) is 0 Å². The van der Waals surface area contributed by atoms with Crippen LogP contribution >= 0.6 is 0 Å². The second kappa shape index (κ2) is 4.59. The second-order valence-corrected chi connectivity index (χ2v) is 5.97. The smallest absolute Gasteiger partial charge is 0.409 e. The maximum atomic E-state index is 11.4. The first-order valence-electron chi connectivity index (χ1n) is 7.79. The Balaban J connectivity index is 2.16. The Hall–Kier alpha value is -3.33. The third-order valence-corrected chi connectivity index (χ3v) is 4.68. The summed E-state index contributed by atoms with van der Waals surface area (Å²) in [7, 11) is 0. The molecule has 0 saturated carbocycles. The van der Waals surface area contributed by atoms with Gasteiger partial charge in [0.15, 0.2) is 0 Å². The van der Waals surface area contributed by atoms with E-state index in [-0.39, 0.29) is 0 Å². The Morgan fingerprint density at radius 2 is 1.25 bits per heavy atom. The molecule has 5 aromatic carbocycles. The van der Waals surface area contributed by atoms with Gasteiger partial charge in [0.25, 0.3) is 0 Å². The number of amides is 1. The molecule has 0 unspecified atom stereocenters. The van der Waals surface area contributed by atoms with Gasteiger partial charge < -0.3 is 10.5 Å². The van der Waals surface area contributed by atoms with E-state index in [9.17, 15) is 4.79 Å². The van der Waals surface area contributed by atoms with E-state index in [1.807, 2.05) is 18.2 Å². The lowest BCUT2D eigenvalue weighted by molar-refractivity contribution is 0.211. The van der Waals surface area contributed by atoms with Crippen LogP contribution in [0.5, 0.6) is 5.75 Å². The number of rotatable bonds is 1. The molecule has 0 spiro atoms. The van der Waals surface area contributed by atoms with E-state index in [2.05, 4.69) is 48.5 Å². The van der Waals surface area contributed by atoms with Crippen molar-refractivity contribution < 1.29 is 9.53 Å². The highest BCUT2D eigenvalue weighted by Gasteiger charge is 2.16. The molecule has 0 aromatic heterocycles. The average Bonchev–Trinajstić information content (AvgIpc) is 2.59. The van der Waals surface area contributed by atoms with Crippen molar-refractivity contribution in [2.45, 2.75) is 0 Å². The van der Waals surface area contributed by atoms with Gasteiger partial charge in [-0.05, 0) is 38.4 Å². The maximum absolute atomic E-state index is 11.4. The molecule has 2 N–H and O–H groups in total. The topological polar surface area (TPSA) is 52.3 Å². The fourth-order valence-corrected chi connectivity index (χ4v) is 3.82. The summed E-state index contributed by atoms with van der Waals surface area (Å²) in [5, 5.41) is 8.93. The summed E-state index contributed by atoms with van der Waals surface area (Å²) in [5.74, 6) is 0.504. The molecule has 5 aromatic rings. The van der Waals surface area contributed by atoms with Gasteiger partial charge >= 0.3 is 6.09 Å². The summed E-state index contributed by atoms with van der Waals surface area (Å²) < 4.78 is 5.32. The second-order valence-electron chi connectivity index (χ2n) is 5.97. The van der Waals surface area contributed by atoms with Crippen molar-refractivity contribution in [3.63, 3.8) is 0 Å². The van der Waals surface area contributed by atoms with Gasteiger partial charge in [-0.1, -0.05) is 60.7 Å². The van der Waals surface area contributed by atoms with Crippen molar-refractivity contribution in [1.29, 1.82) is 0 Å². The van der Waals surface area contributed by atoms with E-state index in [1.165, 1.54) is 16.2 Å². The van der Waals surface area contributed by atoms with Crippen molar-refractivity contribution in [2.75, 3.05) is 0 Å². The first-order chi connectivity index (χ1) is 11.7. The Kier molecular flexibility index (Phi) is 2.51. The molecule has 0 radical (unpaired) electrons. The first kappa shape index (κ1) is 13.1. The van der Waals surface area contributed by atoms with E-state index in [0.29, 0.717) is 5.75 Å². The van der Waals surface area contributed by atoms with Crippen LogP contribution in [0.15, 0.2) is 66.7 Å². The highest BCUT2D eigenvalue weighted by atomic mass is 16.5. The van der Waals surface area contributed by atoms with Gasteiger partial charge in [-0.25, -0.2) is 4.79 Å². The normalized spacial score (nSPS) is 11.7. The number of hydrogen-bond acceptors (Lipinski definition) is 2. The lowest BCUT2D eigenvalue weighted by Crippen LogP contribution is -2.16. The Morgan fingerprint density at radius 3 is 1.92 bits per heavy atom. The quantitative estimate of drug-likeness (QED) is 0.342. The van der Waals surface area contributed by atoms with Crippen molar-refractivity contribution in [3.8, 4) is 5.75 Å². The lowest BCUT2D eigenvalue weighted by Gasteiger charge is -2.16. The van der Waals surface area contributed by atoms with Crippen LogP contribution in [0.4, 0.5) is 4.79 Å². The van der Waals surface area contributed by atoms with E-state index in [4.69, 9.17) is 10.5 Å². The molecular weight excluding hydrogens is 298 g/mol. The van der Waals surface area contributed by atoms with E-state index in [0.717, 1.165) is 26.9 Å². The molecule has 0 fully saturated rings. The molecule has 0 saturated heterocycles. The maximum Gasteiger partial charge on any atom is 0.409 e. The van der Waals surface area contributed by atoms with Crippen LogP contribution in [0, 0.1) is 0 Å². The minimum absolute atomic E-state index is 0.504. The standard InChI is InChI=1S/C21H13NO2/c22-21(23)24-17-11-10-13-6-2-8-15-14-7-1-4-12-5-3-9-16(18(12)14)20(17)19(13)15/h1-11H,(H2,22,23). The van der Waals surface area contributed by atoms with Crippen LogP contribution in [0.25, 0.3) is 43.1 Å². The first-order valence-corrected chi connectivity index (χ1v) is 7.79. The molecule has 0 aliphatic rings.